The van der Waals surface area contributed by atoms with E-state index in [-0.39, 0.29) is 12.7 Å². The molecule has 1 amide bonds. The number of nitrogens with zero attached hydrogens (tertiary/aromatic N) is 1. The first-order valence-corrected chi connectivity index (χ1v) is 9.35. The van der Waals surface area contributed by atoms with Crippen molar-refractivity contribution in [2.24, 2.45) is 0 Å². The summed E-state index contributed by atoms with van der Waals surface area (Å²) in [5.41, 5.74) is 1.14. The van der Waals surface area contributed by atoms with Gasteiger partial charge in [-0.2, -0.15) is 0 Å². The number of ether oxygens (including phenoxy) is 4. The number of carbonyl (C=O) groups is 1. The fourth-order valence-electron chi connectivity index (χ4n) is 3.32. The van der Waals surface area contributed by atoms with E-state index in [1.807, 2.05) is 30.3 Å². The average molecular weight is 444 g/mol. The van der Waals surface area contributed by atoms with Crippen molar-refractivity contribution in [3.8, 4) is 23.0 Å². The lowest BCUT2D eigenvalue weighted by molar-refractivity contribution is 0.0989. The van der Waals surface area contributed by atoms with Crippen LogP contribution in [0.4, 0.5) is 5.69 Å². The quantitative estimate of drug-likeness (QED) is 0.588. The molecule has 0 radical (unpaired) electrons. The monoisotopic (exact) mass is 443 g/mol. The van der Waals surface area contributed by atoms with Crippen LogP contribution in [0.25, 0.3) is 10.8 Å². The molecular weight excluding hydrogens is 426 g/mol. The Kier molecular flexibility index (Phi) is 4.77. The molecule has 3 aromatic rings. The highest BCUT2D eigenvalue weighted by atomic mass is 79.9. The first-order valence-electron chi connectivity index (χ1n) is 8.56. The van der Waals surface area contributed by atoms with E-state index in [2.05, 4.69) is 15.9 Å². The predicted molar refractivity (Wildman–Crippen MR) is 110 cm³/mol. The van der Waals surface area contributed by atoms with Gasteiger partial charge in [-0.25, -0.2) is 0 Å². The summed E-state index contributed by atoms with van der Waals surface area (Å²) in [7, 11) is 4.78. The first-order chi connectivity index (χ1) is 13.5. The number of hydrogen-bond acceptors (Lipinski definition) is 5. The van der Waals surface area contributed by atoms with Gasteiger partial charge >= 0.3 is 0 Å². The Balaban J connectivity index is 1.83. The van der Waals surface area contributed by atoms with Gasteiger partial charge in [-0.15, -0.1) is 0 Å². The first kappa shape index (κ1) is 18.4. The minimum Gasteiger partial charge on any atom is -0.493 e. The third kappa shape index (κ3) is 2.92. The third-order valence-electron chi connectivity index (χ3n) is 4.73. The van der Waals surface area contributed by atoms with Crippen LogP contribution >= 0.6 is 15.9 Å². The number of methoxy groups -OCH3 is 2. The molecule has 0 aliphatic carbocycles. The Labute approximate surface area is 170 Å². The van der Waals surface area contributed by atoms with Gasteiger partial charge in [0.15, 0.2) is 23.0 Å². The fraction of sp³-hybridized carbons (Fsp3) is 0.190. The third-order valence-corrected chi connectivity index (χ3v) is 5.39. The molecular formula is C21H18BrNO5. The summed E-state index contributed by atoms with van der Waals surface area (Å²) in [5, 5.41) is 1.85. The van der Waals surface area contributed by atoms with Crippen LogP contribution in [0, 0.1) is 0 Å². The molecule has 0 bridgehead atoms. The van der Waals surface area contributed by atoms with Gasteiger partial charge in [0, 0.05) is 16.9 Å². The maximum atomic E-state index is 13.4. The number of fused-ring (bicyclic) bond motifs is 2. The Morgan fingerprint density at radius 2 is 1.82 bits per heavy atom. The van der Waals surface area contributed by atoms with Crippen LogP contribution in [0.3, 0.4) is 0 Å². The van der Waals surface area contributed by atoms with E-state index >= 15 is 0 Å². The minimum atomic E-state index is -0.229. The summed E-state index contributed by atoms with van der Waals surface area (Å²) in [4.78, 5) is 15.0. The summed E-state index contributed by atoms with van der Waals surface area (Å²) < 4.78 is 22.4. The van der Waals surface area contributed by atoms with Crippen molar-refractivity contribution >= 4 is 38.3 Å². The van der Waals surface area contributed by atoms with Gasteiger partial charge in [0.1, 0.15) is 0 Å². The summed E-state index contributed by atoms with van der Waals surface area (Å²) in [6.07, 6.45) is 0. The lowest BCUT2D eigenvalue weighted by atomic mass is 10.1. The lowest BCUT2D eigenvalue weighted by Crippen LogP contribution is -2.27. The van der Waals surface area contributed by atoms with Gasteiger partial charge < -0.3 is 23.8 Å². The Hall–Kier alpha value is -2.93. The Morgan fingerprint density at radius 1 is 1.07 bits per heavy atom. The lowest BCUT2D eigenvalue weighted by Gasteiger charge is -2.22. The molecule has 144 valence electrons. The number of anilines is 1. The SMILES string of the molecule is COc1ccc(Br)c(C(=O)N(C)c2cccc3cc4c(cc23)OCO4)c1OC. The number of benzene rings is 3. The van der Waals surface area contributed by atoms with Crippen LogP contribution in [0.1, 0.15) is 10.4 Å². The van der Waals surface area contributed by atoms with Crippen LogP contribution in [0.15, 0.2) is 46.9 Å². The molecule has 1 heterocycles. The van der Waals surface area contributed by atoms with E-state index in [0.717, 1.165) is 16.5 Å². The highest BCUT2D eigenvalue weighted by Gasteiger charge is 2.25. The molecule has 0 saturated heterocycles. The van der Waals surface area contributed by atoms with Gasteiger partial charge in [-0.1, -0.05) is 12.1 Å². The van der Waals surface area contributed by atoms with Crippen molar-refractivity contribution < 1.29 is 23.7 Å². The van der Waals surface area contributed by atoms with E-state index in [4.69, 9.17) is 18.9 Å². The minimum absolute atomic E-state index is 0.198. The number of rotatable bonds is 4. The van der Waals surface area contributed by atoms with Crippen molar-refractivity contribution in [2.45, 2.75) is 0 Å². The van der Waals surface area contributed by atoms with Gasteiger partial charge in [-0.05, 0) is 51.6 Å². The van der Waals surface area contributed by atoms with E-state index in [0.29, 0.717) is 33.0 Å². The highest BCUT2D eigenvalue weighted by molar-refractivity contribution is 9.10. The Morgan fingerprint density at radius 3 is 2.54 bits per heavy atom. The average Bonchev–Trinajstić information content (AvgIpc) is 3.17. The molecule has 0 N–H and O–H groups in total. The van der Waals surface area contributed by atoms with E-state index in [1.165, 1.54) is 14.2 Å². The van der Waals surface area contributed by atoms with Crippen LogP contribution in [-0.2, 0) is 0 Å². The van der Waals surface area contributed by atoms with Crippen molar-refractivity contribution in [2.75, 3.05) is 33.0 Å². The normalized spacial score (nSPS) is 12.1. The van der Waals surface area contributed by atoms with E-state index in [9.17, 15) is 4.79 Å². The molecule has 1 aliphatic rings. The van der Waals surface area contributed by atoms with Crippen molar-refractivity contribution in [3.05, 3.63) is 52.5 Å². The zero-order valence-electron chi connectivity index (χ0n) is 15.6. The summed E-state index contributed by atoms with van der Waals surface area (Å²) in [6.45, 7) is 0.198. The van der Waals surface area contributed by atoms with Crippen molar-refractivity contribution in [1.82, 2.24) is 0 Å². The fourth-order valence-corrected chi connectivity index (χ4v) is 3.80. The Bertz CT molecular complexity index is 1080. The second kappa shape index (κ2) is 7.24. The number of hydrogen-bond donors (Lipinski definition) is 0. The molecule has 3 aromatic carbocycles. The number of halogens is 1. The molecule has 0 atom stereocenters. The molecule has 0 fully saturated rings. The molecule has 7 heteroatoms. The second-order valence-corrected chi connectivity index (χ2v) is 7.08. The standard InChI is InChI=1S/C21H18BrNO5/c1-23(21(24)19-14(22)7-8-16(25-2)20(19)26-3)15-6-4-5-12-9-17-18(10-13(12)15)28-11-27-17/h4-10H,11H2,1-3H3. The molecule has 28 heavy (non-hydrogen) atoms. The zero-order chi connectivity index (χ0) is 19.8. The van der Waals surface area contributed by atoms with Crippen LogP contribution < -0.4 is 23.8 Å². The largest absolute Gasteiger partial charge is 0.493 e. The van der Waals surface area contributed by atoms with Crippen LogP contribution in [-0.4, -0.2) is 34.0 Å². The van der Waals surface area contributed by atoms with Gasteiger partial charge in [0.25, 0.3) is 5.91 Å². The molecule has 1 aliphatic heterocycles. The molecule has 4 rings (SSSR count). The number of amides is 1. The van der Waals surface area contributed by atoms with Gasteiger partial charge in [0.2, 0.25) is 6.79 Å². The molecule has 0 spiro atoms. The molecule has 0 saturated carbocycles. The van der Waals surface area contributed by atoms with Crippen molar-refractivity contribution in [1.29, 1.82) is 0 Å². The maximum Gasteiger partial charge on any atom is 0.263 e. The smallest absolute Gasteiger partial charge is 0.263 e. The zero-order valence-corrected chi connectivity index (χ0v) is 17.2. The van der Waals surface area contributed by atoms with E-state index in [1.54, 1.807) is 24.1 Å². The molecule has 0 aromatic heterocycles. The van der Waals surface area contributed by atoms with Crippen LogP contribution in [0.2, 0.25) is 0 Å². The summed E-state index contributed by atoms with van der Waals surface area (Å²) in [6, 6.07) is 13.1. The second-order valence-electron chi connectivity index (χ2n) is 6.23. The molecule has 6 nitrogen and oxygen atoms in total. The molecule has 0 unspecified atom stereocenters. The summed E-state index contributed by atoms with van der Waals surface area (Å²) >= 11 is 3.46. The van der Waals surface area contributed by atoms with Crippen molar-refractivity contribution in [3.63, 3.8) is 0 Å². The predicted octanol–water partition coefficient (Wildman–Crippen LogP) is 4.62. The van der Waals surface area contributed by atoms with E-state index < -0.39 is 0 Å². The van der Waals surface area contributed by atoms with Gasteiger partial charge in [-0.3, -0.25) is 4.79 Å². The topological polar surface area (TPSA) is 57.2 Å². The van der Waals surface area contributed by atoms with Crippen LogP contribution in [0.5, 0.6) is 23.0 Å². The van der Waals surface area contributed by atoms with Gasteiger partial charge in [0.05, 0.1) is 25.5 Å². The highest BCUT2D eigenvalue weighted by Crippen LogP contribution is 2.41. The summed E-state index contributed by atoms with van der Waals surface area (Å²) in [5.74, 6) is 2.01. The maximum absolute atomic E-state index is 13.4. The number of carbonyl (C=O) groups excluding carboxylic acids is 1.